The molecule has 1 aromatic carbocycles. The fourth-order valence-electron chi connectivity index (χ4n) is 4.19. The number of alkyl halides is 3. The molecule has 1 N–H and O–H groups in total. The molecule has 172 valence electrons. The standard InChI is InChI=1S/C21H27F4N3O3/c1-31-17-10-15(9-16(22)11-17)20(30)26-12-14-4-7-27(8-5-14)13-19(29)28-6-2-3-18(28)21(23,24)25/h9-11,14,18H,2-8,12-13H2,1H3,(H,26,30)/t18-/m1/s1. The summed E-state index contributed by atoms with van der Waals surface area (Å²) in [5.41, 5.74) is 0.171. The average Bonchev–Trinajstić information content (AvgIpc) is 3.23. The van der Waals surface area contributed by atoms with Crippen LogP contribution in [0.2, 0.25) is 0 Å². The zero-order valence-electron chi connectivity index (χ0n) is 17.4. The van der Waals surface area contributed by atoms with Crippen LogP contribution in [0.4, 0.5) is 17.6 Å². The van der Waals surface area contributed by atoms with Gasteiger partial charge in [-0.2, -0.15) is 13.2 Å². The number of halogens is 4. The molecule has 1 atom stereocenters. The number of amides is 2. The second-order valence-corrected chi connectivity index (χ2v) is 8.10. The van der Waals surface area contributed by atoms with Gasteiger partial charge in [0.15, 0.2) is 0 Å². The van der Waals surface area contributed by atoms with Gasteiger partial charge in [0.1, 0.15) is 17.6 Å². The monoisotopic (exact) mass is 445 g/mol. The van der Waals surface area contributed by atoms with E-state index in [-0.39, 0.29) is 36.7 Å². The summed E-state index contributed by atoms with van der Waals surface area (Å²) in [5, 5.41) is 2.79. The number of nitrogens with one attached hydrogen (secondary N) is 1. The molecular weight excluding hydrogens is 418 g/mol. The number of benzene rings is 1. The van der Waals surface area contributed by atoms with Gasteiger partial charge in [0.2, 0.25) is 5.91 Å². The second kappa shape index (κ2) is 9.84. The molecule has 2 amide bonds. The lowest BCUT2D eigenvalue weighted by Gasteiger charge is -2.34. The topological polar surface area (TPSA) is 61.9 Å². The lowest BCUT2D eigenvalue weighted by molar-refractivity contribution is -0.183. The third-order valence-electron chi connectivity index (χ3n) is 5.94. The maximum absolute atomic E-state index is 13.6. The van der Waals surface area contributed by atoms with Gasteiger partial charge in [0.05, 0.1) is 13.7 Å². The van der Waals surface area contributed by atoms with Gasteiger partial charge >= 0.3 is 6.18 Å². The first-order valence-corrected chi connectivity index (χ1v) is 10.4. The number of ether oxygens (including phenoxy) is 1. The number of hydrogen-bond donors (Lipinski definition) is 1. The number of rotatable bonds is 6. The third kappa shape index (κ3) is 6.09. The summed E-state index contributed by atoms with van der Waals surface area (Å²) in [6.07, 6.45) is -2.63. The normalized spacial score (nSPS) is 20.7. The first-order valence-electron chi connectivity index (χ1n) is 10.4. The molecule has 0 spiro atoms. The van der Waals surface area contributed by atoms with Gasteiger partial charge < -0.3 is 15.0 Å². The summed E-state index contributed by atoms with van der Waals surface area (Å²) < 4.78 is 57.7. The zero-order valence-corrected chi connectivity index (χ0v) is 17.4. The SMILES string of the molecule is COc1cc(F)cc(C(=O)NCC2CCN(CC(=O)N3CCC[C@@H]3C(F)(F)F)CC2)c1. The van der Waals surface area contributed by atoms with Gasteiger partial charge in [0, 0.05) is 24.7 Å². The van der Waals surface area contributed by atoms with Crippen LogP contribution in [0.15, 0.2) is 18.2 Å². The molecule has 10 heteroatoms. The van der Waals surface area contributed by atoms with Gasteiger partial charge in [-0.05, 0) is 56.8 Å². The van der Waals surface area contributed by atoms with E-state index >= 15 is 0 Å². The molecule has 0 saturated carbocycles. The molecule has 2 heterocycles. The van der Waals surface area contributed by atoms with Crippen molar-refractivity contribution in [3.05, 3.63) is 29.6 Å². The highest BCUT2D eigenvalue weighted by molar-refractivity contribution is 5.94. The van der Waals surface area contributed by atoms with Crippen LogP contribution in [0.3, 0.4) is 0 Å². The van der Waals surface area contributed by atoms with Gasteiger partial charge in [-0.3, -0.25) is 14.5 Å². The van der Waals surface area contributed by atoms with Crippen molar-refractivity contribution in [3.63, 3.8) is 0 Å². The molecule has 3 rings (SSSR count). The van der Waals surface area contributed by atoms with Crippen molar-refractivity contribution in [3.8, 4) is 5.75 Å². The second-order valence-electron chi connectivity index (χ2n) is 8.10. The van der Waals surface area contributed by atoms with Crippen molar-refractivity contribution >= 4 is 11.8 Å². The predicted octanol–water partition coefficient (Wildman–Crippen LogP) is 2.83. The van der Waals surface area contributed by atoms with E-state index in [0.29, 0.717) is 38.9 Å². The molecule has 0 aliphatic carbocycles. The van der Waals surface area contributed by atoms with Crippen molar-refractivity contribution in [2.75, 3.05) is 39.8 Å². The molecule has 6 nitrogen and oxygen atoms in total. The van der Waals surface area contributed by atoms with Crippen LogP contribution in [-0.2, 0) is 4.79 Å². The zero-order chi connectivity index (χ0) is 22.6. The van der Waals surface area contributed by atoms with Crippen LogP contribution in [0.1, 0.15) is 36.0 Å². The van der Waals surface area contributed by atoms with E-state index in [1.54, 1.807) is 0 Å². The Hall–Kier alpha value is -2.36. The minimum atomic E-state index is -4.39. The van der Waals surface area contributed by atoms with Crippen LogP contribution >= 0.6 is 0 Å². The van der Waals surface area contributed by atoms with Crippen molar-refractivity contribution in [2.24, 2.45) is 5.92 Å². The fraction of sp³-hybridized carbons (Fsp3) is 0.619. The smallest absolute Gasteiger partial charge is 0.408 e. The minimum Gasteiger partial charge on any atom is -0.497 e. The van der Waals surface area contributed by atoms with E-state index in [2.05, 4.69) is 5.32 Å². The summed E-state index contributed by atoms with van der Waals surface area (Å²) in [6.45, 7) is 1.68. The molecule has 0 aromatic heterocycles. The maximum atomic E-state index is 13.6. The first kappa shape index (κ1) is 23.3. The molecule has 31 heavy (non-hydrogen) atoms. The fourth-order valence-corrected chi connectivity index (χ4v) is 4.19. The van der Waals surface area contributed by atoms with Gasteiger partial charge in [0.25, 0.3) is 5.91 Å². The summed E-state index contributed by atoms with van der Waals surface area (Å²) >= 11 is 0. The maximum Gasteiger partial charge on any atom is 0.408 e. The van der Waals surface area contributed by atoms with Crippen molar-refractivity contribution in [1.29, 1.82) is 0 Å². The molecule has 1 aromatic rings. The quantitative estimate of drug-likeness (QED) is 0.685. The van der Waals surface area contributed by atoms with E-state index in [1.807, 2.05) is 4.90 Å². The molecule has 0 unspecified atom stereocenters. The van der Waals surface area contributed by atoms with E-state index < -0.39 is 29.8 Å². The Morgan fingerprint density at radius 2 is 1.84 bits per heavy atom. The number of carbonyl (C=O) groups is 2. The largest absolute Gasteiger partial charge is 0.497 e. The molecular formula is C21H27F4N3O3. The van der Waals surface area contributed by atoms with Gasteiger partial charge in [-0.15, -0.1) is 0 Å². The number of piperidine rings is 1. The Kier molecular flexibility index (Phi) is 7.40. The number of methoxy groups -OCH3 is 1. The van der Waals surface area contributed by atoms with Gasteiger partial charge in [-0.25, -0.2) is 4.39 Å². The van der Waals surface area contributed by atoms with Gasteiger partial charge in [-0.1, -0.05) is 0 Å². The first-order chi connectivity index (χ1) is 14.7. The van der Waals surface area contributed by atoms with Crippen molar-refractivity contribution in [1.82, 2.24) is 15.1 Å². The van der Waals surface area contributed by atoms with Crippen LogP contribution in [-0.4, -0.2) is 73.7 Å². The summed E-state index contributed by atoms with van der Waals surface area (Å²) in [6, 6.07) is 2.11. The molecule has 0 bridgehead atoms. The number of nitrogens with zero attached hydrogens (tertiary/aromatic N) is 2. The lowest BCUT2D eigenvalue weighted by Crippen LogP contribution is -2.49. The molecule has 2 fully saturated rings. The van der Waals surface area contributed by atoms with Crippen LogP contribution in [0.5, 0.6) is 5.75 Å². The highest BCUT2D eigenvalue weighted by atomic mass is 19.4. The molecule has 2 saturated heterocycles. The highest BCUT2D eigenvalue weighted by Crippen LogP contribution is 2.32. The average molecular weight is 445 g/mol. The van der Waals surface area contributed by atoms with E-state index in [0.717, 1.165) is 11.0 Å². The lowest BCUT2D eigenvalue weighted by atomic mass is 9.96. The minimum absolute atomic E-state index is 0.0191. The van der Waals surface area contributed by atoms with Crippen molar-refractivity contribution < 1.29 is 31.9 Å². The summed E-state index contributed by atoms with van der Waals surface area (Å²) in [5.74, 6) is -1.00. The number of carbonyl (C=O) groups excluding carboxylic acids is 2. The third-order valence-corrected chi connectivity index (χ3v) is 5.94. The Balaban J connectivity index is 1.43. The Morgan fingerprint density at radius 1 is 1.13 bits per heavy atom. The van der Waals surface area contributed by atoms with Crippen molar-refractivity contribution in [2.45, 2.75) is 37.9 Å². The van der Waals surface area contributed by atoms with E-state index in [1.165, 1.54) is 19.2 Å². The Morgan fingerprint density at radius 3 is 2.48 bits per heavy atom. The number of likely N-dealkylation sites (tertiary alicyclic amines) is 2. The molecule has 2 aliphatic heterocycles. The van der Waals surface area contributed by atoms with Crippen LogP contribution < -0.4 is 10.1 Å². The Labute approximate surface area is 178 Å². The van der Waals surface area contributed by atoms with E-state index in [4.69, 9.17) is 4.74 Å². The Bertz CT molecular complexity index is 795. The molecule has 0 radical (unpaired) electrons. The summed E-state index contributed by atoms with van der Waals surface area (Å²) in [4.78, 5) is 27.5. The predicted molar refractivity (Wildman–Crippen MR) is 105 cm³/mol. The molecule has 2 aliphatic rings. The van der Waals surface area contributed by atoms with E-state index in [9.17, 15) is 27.2 Å². The van der Waals surface area contributed by atoms with Crippen LogP contribution in [0.25, 0.3) is 0 Å². The number of hydrogen-bond acceptors (Lipinski definition) is 4. The van der Waals surface area contributed by atoms with Crippen LogP contribution in [0, 0.1) is 11.7 Å². The summed E-state index contributed by atoms with van der Waals surface area (Å²) in [7, 11) is 1.39. The highest BCUT2D eigenvalue weighted by Gasteiger charge is 2.47.